The molecule has 0 saturated carbocycles. The highest BCUT2D eigenvalue weighted by Crippen LogP contribution is 2.36. The number of rotatable bonds is 7. The Bertz CT molecular complexity index is 1020. The van der Waals surface area contributed by atoms with Crippen molar-refractivity contribution in [3.8, 4) is 17.1 Å². The highest BCUT2D eigenvalue weighted by Gasteiger charge is 2.33. The van der Waals surface area contributed by atoms with Gasteiger partial charge in [-0.3, -0.25) is 4.79 Å². The van der Waals surface area contributed by atoms with Crippen molar-refractivity contribution in [3.63, 3.8) is 0 Å². The van der Waals surface area contributed by atoms with Crippen molar-refractivity contribution in [2.45, 2.75) is 25.9 Å². The second kappa shape index (κ2) is 9.21. The zero-order valence-electron chi connectivity index (χ0n) is 15.9. The van der Waals surface area contributed by atoms with E-state index < -0.39 is 22.7 Å². The minimum absolute atomic E-state index is 0.00674. The molecule has 9 heteroatoms. The molecule has 0 aliphatic rings. The predicted molar refractivity (Wildman–Crippen MR) is 107 cm³/mol. The number of amides is 1. The van der Waals surface area contributed by atoms with Crippen LogP contribution in [0, 0.1) is 0 Å². The summed E-state index contributed by atoms with van der Waals surface area (Å²) in [6, 6.07) is 10.5. The van der Waals surface area contributed by atoms with Gasteiger partial charge >= 0.3 is 6.18 Å². The third kappa shape index (κ3) is 5.54. The topological polar surface area (TPSA) is 64.4 Å². The lowest BCUT2D eigenvalue weighted by atomic mass is 10.2. The van der Waals surface area contributed by atoms with E-state index in [9.17, 15) is 18.0 Å². The van der Waals surface area contributed by atoms with E-state index in [1.165, 1.54) is 6.07 Å². The predicted octanol–water partition coefficient (Wildman–Crippen LogP) is 5.98. The minimum Gasteiger partial charge on any atom is -0.494 e. The SMILES string of the molecule is CCOc1ccc(-c2cnc(CCC(=O)Nc3ccc(Cl)c(C(F)(F)F)c3)o2)cc1. The molecule has 1 N–H and O–H groups in total. The number of nitrogens with one attached hydrogen (secondary N) is 1. The number of aryl methyl sites for hydroxylation is 1. The normalized spacial score (nSPS) is 11.4. The van der Waals surface area contributed by atoms with E-state index in [1.54, 1.807) is 6.20 Å². The number of hydrogen-bond donors (Lipinski definition) is 1. The molecule has 0 aliphatic heterocycles. The summed E-state index contributed by atoms with van der Waals surface area (Å²) in [6.45, 7) is 2.47. The van der Waals surface area contributed by atoms with Crippen LogP contribution in [0.4, 0.5) is 18.9 Å². The van der Waals surface area contributed by atoms with Gasteiger partial charge in [0.1, 0.15) is 5.75 Å². The average molecular weight is 439 g/mol. The largest absolute Gasteiger partial charge is 0.494 e. The highest BCUT2D eigenvalue weighted by atomic mass is 35.5. The van der Waals surface area contributed by atoms with Crippen LogP contribution in [0.3, 0.4) is 0 Å². The fourth-order valence-electron chi connectivity index (χ4n) is 2.71. The summed E-state index contributed by atoms with van der Waals surface area (Å²) in [4.78, 5) is 16.2. The van der Waals surface area contributed by atoms with Gasteiger partial charge in [0.25, 0.3) is 0 Å². The lowest BCUT2D eigenvalue weighted by Crippen LogP contribution is -2.14. The number of hydrogen-bond acceptors (Lipinski definition) is 4. The van der Waals surface area contributed by atoms with Crippen LogP contribution in [-0.2, 0) is 17.4 Å². The number of carbonyl (C=O) groups is 1. The monoisotopic (exact) mass is 438 g/mol. The Morgan fingerprint density at radius 1 is 1.20 bits per heavy atom. The first kappa shape index (κ1) is 21.7. The Morgan fingerprint density at radius 3 is 2.60 bits per heavy atom. The van der Waals surface area contributed by atoms with Crippen LogP contribution in [-0.4, -0.2) is 17.5 Å². The van der Waals surface area contributed by atoms with Gasteiger partial charge in [-0.1, -0.05) is 11.6 Å². The molecule has 158 valence electrons. The smallest absolute Gasteiger partial charge is 0.417 e. The molecule has 2 aromatic carbocycles. The van der Waals surface area contributed by atoms with E-state index in [0.717, 1.165) is 23.4 Å². The summed E-state index contributed by atoms with van der Waals surface area (Å²) in [7, 11) is 0. The third-order valence-corrected chi connectivity index (χ3v) is 4.45. The van der Waals surface area contributed by atoms with Gasteiger partial charge in [-0.15, -0.1) is 0 Å². The number of anilines is 1. The van der Waals surface area contributed by atoms with E-state index in [4.69, 9.17) is 20.8 Å². The number of nitrogens with zero attached hydrogens (tertiary/aromatic N) is 1. The van der Waals surface area contributed by atoms with E-state index >= 15 is 0 Å². The third-order valence-electron chi connectivity index (χ3n) is 4.12. The second-order valence-corrected chi connectivity index (χ2v) is 6.72. The number of alkyl halides is 3. The van der Waals surface area contributed by atoms with Crippen molar-refractivity contribution in [2.24, 2.45) is 0 Å². The summed E-state index contributed by atoms with van der Waals surface area (Å²) < 4.78 is 49.8. The number of ether oxygens (including phenoxy) is 1. The van der Waals surface area contributed by atoms with Crippen LogP contribution in [0.5, 0.6) is 5.75 Å². The molecule has 1 amide bonds. The van der Waals surface area contributed by atoms with Gasteiger partial charge in [-0.2, -0.15) is 13.2 Å². The maximum absolute atomic E-state index is 12.9. The van der Waals surface area contributed by atoms with Crippen LogP contribution >= 0.6 is 11.6 Å². The number of aromatic nitrogens is 1. The Labute approximate surface area is 175 Å². The lowest BCUT2D eigenvalue weighted by molar-refractivity contribution is -0.137. The Kier molecular flexibility index (Phi) is 6.66. The first-order valence-electron chi connectivity index (χ1n) is 9.11. The molecule has 30 heavy (non-hydrogen) atoms. The Hall–Kier alpha value is -3.00. The van der Waals surface area contributed by atoms with Crippen molar-refractivity contribution >= 4 is 23.2 Å². The maximum atomic E-state index is 12.9. The van der Waals surface area contributed by atoms with E-state index in [2.05, 4.69) is 10.3 Å². The van der Waals surface area contributed by atoms with E-state index in [1.807, 2.05) is 31.2 Å². The molecule has 0 radical (unpaired) electrons. The number of carbonyl (C=O) groups excluding carboxylic acids is 1. The molecule has 0 saturated heterocycles. The molecular weight excluding hydrogens is 421 g/mol. The van der Waals surface area contributed by atoms with Gasteiger partial charge in [0, 0.05) is 24.1 Å². The van der Waals surface area contributed by atoms with Gasteiger partial charge in [0.15, 0.2) is 11.7 Å². The maximum Gasteiger partial charge on any atom is 0.417 e. The van der Waals surface area contributed by atoms with Crippen molar-refractivity contribution in [1.29, 1.82) is 0 Å². The fourth-order valence-corrected chi connectivity index (χ4v) is 2.93. The molecule has 1 heterocycles. The van der Waals surface area contributed by atoms with Crippen LogP contribution in [0.1, 0.15) is 24.8 Å². The number of benzene rings is 2. The number of oxazole rings is 1. The molecule has 0 bridgehead atoms. The summed E-state index contributed by atoms with van der Waals surface area (Å²) >= 11 is 5.58. The fraction of sp³-hybridized carbons (Fsp3) is 0.238. The van der Waals surface area contributed by atoms with Gasteiger partial charge in [0.05, 0.1) is 23.4 Å². The summed E-state index contributed by atoms with van der Waals surface area (Å²) in [5, 5.41) is 2.00. The molecule has 1 aromatic heterocycles. The molecule has 0 atom stereocenters. The number of halogens is 4. The van der Waals surface area contributed by atoms with E-state index in [0.29, 0.717) is 18.3 Å². The van der Waals surface area contributed by atoms with Crippen LogP contribution in [0.2, 0.25) is 5.02 Å². The zero-order chi connectivity index (χ0) is 21.7. The molecule has 5 nitrogen and oxygen atoms in total. The molecule has 3 rings (SSSR count). The summed E-state index contributed by atoms with van der Waals surface area (Å²) in [5.74, 6) is 1.17. The van der Waals surface area contributed by atoms with Crippen LogP contribution in [0.25, 0.3) is 11.3 Å². The molecule has 0 spiro atoms. The first-order chi connectivity index (χ1) is 14.3. The van der Waals surface area contributed by atoms with Gasteiger partial charge in [-0.25, -0.2) is 4.98 Å². The Balaban J connectivity index is 1.58. The highest BCUT2D eigenvalue weighted by molar-refractivity contribution is 6.31. The molecular formula is C21H18ClF3N2O3. The average Bonchev–Trinajstić information content (AvgIpc) is 3.17. The molecule has 0 unspecified atom stereocenters. The quantitative estimate of drug-likeness (QED) is 0.492. The van der Waals surface area contributed by atoms with Crippen molar-refractivity contribution in [1.82, 2.24) is 4.98 Å². The molecule has 0 aliphatic carbocycles. The van der Waals surface area contributed by atoms with Crippen molar-refractivity contribution < 1.29 is 27.1 Å². The lowest BCUT2D eigenvalue weighted by Gasteiger charge is -2.11. The minimum atomic E-state index is -4.60. The second-order valence-electron chi connectivity index (χ2n) is 6.32. The van der Waals surface area contributed by atoms with Crippen LogP contribution in [0.15, 0.2) is 53.1 Å². The molecule has 0 fully saturated rings. The van der Waals surface area contributed by atoms with Gasteiger partial charge in [0.2, 0.25) is 5.91 Å². The van der Waals surface area contributed by atoms with Crippen molar-refractivity contribution in [3.05, 3.63) is 65.1 Å². The summed E-state index contributed by atoms with van der Waals surface area (Å²) in [5.41, 5.74) is -0.184. The van der Waals surface area contributed by atoms with Crippen LogP contribution < -0.4 is 10.1 Å². The zero-order valence-corrected chi connectivity index (χ0v) is 16.7. The molecule has 3 aromatic rings. The standard InChI is InChI=1S/C21H18ClF3N2O3/c1-2-29-15-6-3-13(4-7-15)18-12-26-20(30-18)10-9-19(28)27-14-5-8-17(22)16(11-14)21(23,24)25/h3-8,11-12H,2,9-10H2,1H3,(H,27,28). The Morgan fingerprint density at radius 2 is 1.93 bits per heavy atom. The first-order valence-corrected chi connectivity index (χ1v) is 9.48. The van der Waals surface area contributed by atoms with Crippen molar-refractivity contribution in [2.75, 3.05) is 11.9 Å². The van der Waals surface area contributed by atoms with Gasteiger partial charge in [-0.05, 0) is 49.4 Å². The summed E-state index contributed by atoms with van der Waals surface area (Å²) in [6.07, 6.45) is -2.86. The van der Waals surface area contributed by atoms with E-state index in [-0.39, 0.29) is 18.5 Å². The van der Waals surface area contributed by atoms with Gasteiger partial charge < -0.3 is 14.5 Å².